The molecule has 0 atom stereocenters. The van der Waals surface area contributed by atoms with Crippen LogP contribution in [0.4, 0.5) is 5.69 Å². The summed E-state index contributed by atoms with van der Waals surface area (Å²) in [5.41, 5.74) is -0.0566. The lowest BCUT2D eigenvalue weighted by molar-refractivity contribution is -0.384. The van der Waals surface area contributed by atoms with Crippen LogP contribution in [0.5, 0.6) is 17.2 Å². The highest BCUT2D eigenvalue weighted by molar-refractivity contribution is 7.90. The van der Waals surface area contributed by atoms with E-state index in [1.807, 2.05) is 55.4 Å². The van der Waals surface area contributed by atoms with E-state index < -0.39 is 14.8 Å². The van der Waals surface area contributed by atoms with Gasteiger partial charge >= 0.3 is 0 Å². The number of sulfone groups is 1. The first-order valence-corrected chi connectivity index (χ1v) is 12.0. The summed E-state index contributed by atoms with van der Waals surface area (Å²) in [5.74, 6) is 0.865. The molecule has 0 saturated heterocycles. The van der Waals surface area contributed by atoms with Crippen LogP contribution in [0.15, 0.2) is 47.4 Å². The highest BCUT2D eigenvalue weighted by Crippen LogP contribution is 2.31. The number of rotatable bonds is 5. The quantitative estimate of drug-likeness (QED) is 0.368. The maximum atomic E-state index is 11.7. The number of nitrogens with zero attached hydrogens (tertiary/aromatic N) is 1. The van der Waals surface area contributed by atoms with Crippen LogP contribution >= 0.6 is 0 Å². The normalized spacial score (nSPS) is 8.87. The molecular formula is C22H37NO6S. The van der Waals surface area contributed by atoms with Crippen molar-refractivity contribution in [1.29, 1.82) is 0 Å². The Morgan fingerprint density at radius 3 is 1.60 bits per heavy atom. The molecule has 2 rings (SSSR count). The van der Waals surface area contributed by atoms with E-state index in [0.717, 1.165) is 6.26 Å². The molecule has 0 bridgehead atoms. The lowest BCUT2D eigenvalue weighted by atomic mass is 10.3. The first-order valence-electron chi connectivity index (χ1n) is 10.1. The zero-order valence-electron chi connectivity index (χ0n) is 19.8. The van der Waals surface area contributed by atoms with Crippen LogP contribution < -0.4 is 9.47 Å². The zero-order chi connectivity index (χ0) is 24.3. The van der Waals surface area contributed by atoms with Crippen LogP contribution in [-0.2, 0) is 9.84 Å². The minimum Gasteiger partial charge on any atom is -0.495 e. The van der Waals surface area contributed by atoms with Crippen molar-refractivity contribution in [2.45, 2.75) is 60.3 Å². The summed E-state index contributed by atoms with van der Waals surface area (Å²) in [6.45, 7) is 16.0. The van der Waals surface area contributed by atoms with Gasteiger partial charge in [0.25, 0.3) is 5.69 Å². The van der Waals surface area contributed by atoms with E-state index in [9.17, 15) is 18.5 Å². The van der Waals surface area contributed by atoms with E-state index >= 15 is 0 Å². The Morgan fingerprint density at radius 2 is 1.23 bits per heavy atom. The van der Waals surface area contributed by atoms with Gasteiger partial charge in [-0.2, -0.15) is 0 Å². The van der Waals surface area contributed by atoms with E-state index in [2.05, 4.69) is 0 Å². The standard InChI is InChI=1S/C14H13NO6S.4C2H6/c1-20-13-8-7-12(9-14(13)22(2,18)19)21-11-5-3-10(4-6-11)15(16)17;4*1-2/h3-9H,1-2H3;4*1-2H3. The highest BCUT2D eigenvalue weighted by Gasteiger charge is 2.16. The van der Waals surface area contributed by atoms with Crippen molar-refractivity contribution < 1.29 is 22.8 Å². The van der Waals surface area contributed by atoms with Gasteiger partial charge in [0, 0.05) is 24.5 Å². The van der Waals surface area contributed by atoms with E-state index in [1.165, 1.54) is 43.5 Å². The van der Waals surface area contributed by atoms with Gasteiger partial charge in [-0.25, -0.2) is 8.42 Å². The van der Waals surface area contributed by atoms with Gasteiger partial charge in [-0.1, -0.05) is 55.4 Å². The fourth-order valence-corrected chi connectivity index (χ4v) is 2.63. The Bertz CT molecular complexity index is 803. The van der Waals surface area contributed by atoms with Gasteiger partial charge in [-0.05, 0) is 24.3 Å². The Morgan fingerprint density at radius 1 is 0.800 bits per heavy atom. The van der Waals surface area contributed by atoms with E-state index in [1.54, 1.807) is 6.07 Å². The molecule has 30 heavy (non-hydrogen) atoms. The molecular weight excluding hydrogens is 406 g/mol. The molecule has 0 aromatic heterocycles. The predicted octanol–water partition coefficient (Wildman–Crippen LogP) is 6.90. The van der Waals surface area contributed by atoms with Gasteiger partial charge in [-0.15, -0.1) is 0 Å². The Kier molecular flexibility index (Phi) is 19.7. The van der Waals surface area contributed by atoms with Gasteiger partial charge in [0.2, 0.25) is 0 Å². The minimum atomic E-state index is -3.47. The Hall–Kier alpha value is -2.61. The number of non-ortho nitro benzene ring substituents is 1. The number of methoxy groups -OCH3 is 1. The summed E-state index contributed by atoms with van der Waals surface area (Å²) >= 11 is 0. The fourth-order valence-electron chi connectivity index (χ4n) is 1.78. The third kappa shape index (κ3) is 11.4. The van der Waals surface area contributed by atoms with Crippen LogP contribution in [-0.4, -0.2) is 26.7 Å². The van der Waals surface area contributed by atoms with E-state index in [4.69, 9.17) is 9.47 Å². The van der Waals surface area contributed by atoms with Crippen molar-refractivity contribution >= 4 is 15.5 Å². The van der Waals surface area contributed by atoms with Crippen LogP contribution in [0.3, 0.4) is 0 Å². The molecule has 0 radical (unpaired) electrons. The predicted molar refractivity (Wildman–Crippen MR) is 125 cm³/mol. The topological polar surface area (TPSA) is 95.7 Å². The first kappa shape index (κ1) is 32.1. The highest BCUT2D eigenvalue weighted by atomic mass is 32.2. The smallest absolute Gasteiger partial charge is 0.269 e. The maximum absolute atomic E-state index is 11.7. The van der Waals surface area contributed by atoms with Crippen molar-refractivity contribution in [2.24, 2.45) is 0 Å². The molecule has 2 aromatic rings. The molecule has 0 saturated carbocycles. The average molecular weight is 444 g/mol. The summed E-state index contributed by atoms with van der Waals surface area (Å²) < 4.78 is 34.0. The van der Waals surface area contributed by atoms with Crippen molar-refractivity contribution in [3.8, 4) is 17.2 Å². The van der Waals surface area contributed by atoms with Crippen molar-refractivity contribution in [3.63, 3.8) is 0 Å². The number of hydrogen-bond donors (Lipinski definition) is 0. The number of nitro groups is 1. The number of benzene rings is 2. The molecule has 172 valence electrons. The Balaban J connectivity index is -0.000000815. The van der Waals surface area contributed by atoms with Crippen LogP contribution in [0.25, 0.3) is 0 Å². The second-order valence-corrected chi connectivity index (χ2v) is 6.42. The first-order chi connectivity index (χ1) is 14.3. The molecule has 0 unspecified atom stereocenters. The van der Waals surface area contributed by atoms with Gasteiger partial charge in [-0.3, -0.25) is 10.1 Å². The van der Waals surface area contributed by atoms with Gasteiger partial charge in [0.05, 0.1) is 12.0 Å². The number of ether oxygens (including phenoxy) is 2. The summed E-state index contributed by atoms with van der Waals surface area (Å²) in [5, 5.41) is 10.6. The third-order valence-corrected chi connectivity index (χ3v) is 3.94. The second-order valence-electron chi connectivity index (χ2n) is 4.44. The van der Waals surface area contributed by atoms with Crippen molar-refractivity contribution in [1.82, 2.24) is 0 Å². The minimum absolute atomic E-state index is 0.00871. The molecule has 2 aromatic carbocycles. The molecule has 8 heteroatoms. The molecule has 7 nitrogen and oxygen atoms in total. The monoisotopic (exact) mass is 443 g/mol. The molecule has 0 heterocycles. The summed E-state index contributed by atoms with van der Waals surface area (Å²) in [4.78, 5) is 10.1. The molecule has 0 fully saturated rings. The molecule has 0 N–H and O–H groups in total. The molecule has 0 amide bonds. The fraction of sp³-hybridized carbons (Fsp3) is 0.455. The van der Waals surface area contributed by atoms with Gasteiger partial charge in [0.1, 0.15) is 22.1 Å². The van der Waals surface area contributed by atoms with Crippen LogP contribution in [0, 0.1) is 10.1 Å². The zero-order valence-corrected chi connectivity index (χ0v) is 20.7. The average Bonchev–Trinajstić information content (AvgIpc) is 2.79. The van der Waals surface area contributed by atoms with Gasteiger partial charge in [0.15, 0.2) is 9.84 Å². The molecule has 0 aliphatic carbocycles. The van der Waals surface area contributed by atoms with Crippen LogP contribution in [0.2, 0.25) is 0 Å². The van der Waals surface area contributed by atoms with Gasteiger partial charge < -0.3 is 9.47 Å². The molecule has 0 aliphatic rings. The lowest BCUT2D eigenvalue weighted by Crippen LogP contribution is -2.01. The SMILES string of the molecule is CC.CC.CC.CC.COc1ccc(Oc2ccc([N+](=O)[O-])cc2)cc1S(C)(=O)=O. The second kappa shape index (κ2) is 18.4. The number of hydrogen-bond acceptors (Lipinski definition) is 6. The summed E-state index contributed by atoms with van der Waals surface area (Å²) in [6, 6.07) is 9.85. The van der Waals surface area contributed by atoms with Crippen molar-refractivity contribution in [3.05, 3.63) is 52.6 Å². The maximum Gasteiger partial charge on any atom is 0.269 e. The van der Waals surface area contributed by atoms with Crippen molar-refractivity contribution in [2.75, 3.05) is 13.4 Å². The lowest BCUT2D eigenvalue weighted by Gasteiger charge is -2.10. The van der Waals surface area contributed by atoms with E-state index in [0.29, 0.717) is 5.75 Å². The van der Waals surface area contributed by atoms with E-state index in [-0.39, 0.29) is 22.1 Å². The number of nitro benzene ring substituents is 1. The molecule has 0 aliphatic heterocycles. The Labute approximate surface area is 182 Å². The summed E-state index contributed by atoms with van der Waals surface area (Å²) in [6.07, 6.45) is 1.07. The third-order valence-electron chi connectivity index (χ3n) is 2.82. The largest absolute Gasteiger partial charge is 0.495 e. The van der Waals surface area contributed by atoms with Crippen LogP contribution in [0.1, 0.15) is 55.4 Å². The molecule has 0 spiro atoms. The summed E-state index contributed by atoms with van der Waals surface area (Å²) in [7, 11) is -2.10.